The molecule has 1 aromatic carbocycles. The van der Waals surface area contributed by atoms with E-state index in [1.807, 2.05) is 42.1 Å². The van der Waals surface area contributed by atoms with E-state index in [0.717, 1.165) is 22.4 Å². The molecule has 2 N–H and O–H groups in total. The summed E-state index contributed by atoms with van der Waals surface area (Å²) in [5, 5.41) is 4.80. The Morgan fingerprint density at radius 1 is 1.25 bits per heavy atom. The van der Waals surface area contributed by atoms with E-state index < -0.39 is 0 Å². The van der Waals surface area contributed by atoms with Crippen LogP contribution in [0.25, 0.3) is 0 Å². The average molecular weight is 289 g/mol. The first-order chi connectivity index (χ1) is 9.83. The van der Waals surface area contributed by atoms with Gasteiger partial charge in [0.2, 0.25) is 5.89 Å². The van der Waals surface area contributed by atoms with Crippen LogP contribution in [0.3, 0.4) is 0 Å². The Morgan fingerprint density at radius 2 is 2.00 bits per heavy atom. The summed E-state index contributed by atoms with van der Waals surface area (Å²) in [5.41, 5.74) is 7.14. The molecule has 2 aromatic rings. The molecule has 0 spiro atoms. The summed E-state index contributed by atoms with van der Waals surface area (Å²) >= 11 is 1.93. The molecule has 1 aliphatic rings. The summed E-state index contributed by atoms with van der Waals surface area (Å²) in [4.78, 5) is 4.42. The standard InChI is InChI=1S/C15H19N3OS/c16-14(11-6-2-1-3-7-11)15-17-13(18-19-15)10-20-12-8-4-5-9-12/h1-3,6-7,12,14H,4-5,8-10,16H2/t14-/m0/s1. The number of aromatic nitrogens is 2. The maximum atomic E-state index is 6.14. The van der Waals surface area contributed by atoms with Gasteiger partial charge in [0.15, 0.2) is 5.82 Å². The Bertz CT molecular complexity index is 537. The number of nitrogens with zero attached hydrogens (tertiary/aromatic N) is 2. The first-order valence-electron chi connectivity index (χ1n) is 7.07. The number of benzene rings is 1. The van der Waals surface area contributed by atoms with Crippen molar-refractivity contribution in [2.45, 2.75) is 42.7 Å². The summed E-state index contributed by atoms with van der Waals surface area (Å²) in [5.74, 6) is 2.07. The second-order valence-electron chi connectivity index (χ2n) is 5.15. The first-order valence-corrected chi connectivity index (χ1v) is 8.12. The van der Waals surface area contributed by atoms with Crippen LogP contribution in [0, 0.1) is 0 Å². The summed E-state index contributed by atoms with van der Waals surface area (Å²) in [6.45, 7) is 0. The van der Waals surface area contributed by atoms with E-state index in [0.29, 0.717) is 5.89 Å². The van der Waals surface area contributed by atoms with Gasteiger partial charge in [-0.1, -0.05) is 48.3 Å². The highest BCUT2D eigenvalue weighted by Gasteiger charge is 2.19. The van der Waals surface area contributed by atoms with Crippen molar-refractivity contribution < 1.29 is 4.52 Å². The summed E-state index contributed by atoms with van der Waals surface area (Å²) in [6.07, 6.45) is 5.35. The van der Waals surface area contributed by atoms with E-state index in [1.165, 1.54) is 25.7 Å². The van der Waals surface area contributed by atoms with E-state index in [4.69, 9.17) is 10.3 Å². The Kier molecular flexibility index (Phi) is 4.38. The Balaban J connectivity index is 1.61. The predicted molar refractivity (Wildman–Crippen MR) is 80.3 cm³/mol. The number of rotatable bonds is 5. The molecule has 5 heteroatoms. The van der Waals surface area contributed by atoms with E-state index in [-0.39, 0.29) is 6.04 Å². The minimum absolute atomic E-state index is 0.339. The third kappa shape index (κ3) is 3.22. The molecule has 1 heterocycles. The van der Waals surface area contributed by atoms with Crippen molar-refractivity contribution in [1.82, 2.24) is 10.1 Å². The van der Waals surface area contributed by atoms with Crippen LogP contribution in [0.2, 0.25) is 0 Å². The number of hydrogen-bond acceptors (Lipinski definition) is 5. The van der Waals surface area contributed by atoms with Crippen molar-refractivity contribution in [2.24, 2.45) is 5.73 Å². The highest BCUT2D eigenvalue weighted by atomic mass is 32.2. The zero-order valence-electron chi connectivity index (χ0n) is 11.4. The van der Waals surface area contributed by atoms with E-state index in [1.54, 1.807) is 0 Å². The van der Waals surface area contributed by atoms with Gasteiger partial charge in [0, 0.05) is 5.25 Å². The van der Waals surface area contributed by atoms with Crippen LogP contribution in [0.4, 0.5) is 0 Å². The van der Waals surface area contributed by atoms with Gasteiger partial charge in [0.1, 0.15) is 6.04 Å². The van der Waals surface area contributed by atoms with Gasteiger partial charge in [-0.05, 0) is 18.4 Å². The minimum atomic E-state index is -0.339. The molecule has 1 atom stereocenters. The molecular formula is C15H19N3OS. The van der Waals surface area contributed by atoms with Gasteiger partial charge in [-0.3, -0.25) is 0 Å². The lowest BCUT2D eigenvalue weighted by Crippen LogP contribution is -2.12. The average Bonchev–Trinajstić information content (AvgIpc) is 3.17. The molecule has 1 fully saturated rings. The van der Waals surface area contributed by atoms with Gasteiger partial charge in [0.25, 0.3) is 0 Å². The Hall–Kier alpha value is -1.33. The van der Waals surface area contributed by atoms with Crippen molar-refractivity contribution in [3.63, 3.8) is 0 Å². The van der Waals surface area contributed by atoms with Gasteiger partial charge in [-0.15, -0.1) is 0 Å². The van der Waals surface area contributed by atoms with Crippen LogP contribution < -0.4 is 5.73 Å². The molecule has 0 bridgehead atoms. The lowest BCUT2D eigenvalue weighted by Gasteiger charge is -2.06. The van der Waals surface area contributed by atoms with Gasteiger partial charge < -0.3 is 10.3 Å². The quantitative estimate of drug-likeness (QED) is 0.915. The predicted octanol–water partition coefficient (Wildman–Crippen LogP) is 3.29. The fraction of sp³-hybridized carbons (Fsp3) is 0.467. The molecule has 1 aliphatic carbocycles. The zero-order valence-corrected chi connectivity index (χ0v) is 12.2. The largest absolute Gasteiger partial charge is 0.337 e. The second-order valence-corrected chi connectivity index (χ2v) is 6.44. The number of thioether (sulfide) groups is 1. The molecule has 4 nitrogen and oxygen atoms in total. The fourth-order valence-electron chi connectivity index (χ4n) is 2.50. The molecule has 1 saturated carbocycles. The maximum Gasteiger partial charge on any atom is 0.248 e. The van der Waals surface area contributed by atoms with E-state index in [9.17, 15) is 0 Å². The molecule has 1 aromatic heterocycles. The van der Waals surface area contributed by atoms with Crippen molar-refractivity contribution in [2.75, 3.05) is 0 Å². The minimum Gasteiger partial charge on any atom is -0.337 e. The van der Waals surface area contributed by atoms with Gasteiger partial charge in [-0.2, -0.15) is 16.7 Å². The van der Waals surface area contributed by atoms with E-state index in [2.05, 4.69) is 10.1 Å². The highest BCUT2D eigenvalue weighted by Crippen LogP contribution is 2.31. The van der Waals surface area contributed by atoms with Crippen LogP contribution in [0.15, 0.2) is 34.9 Å². The topological polar surface area (TPSA) is 64.9 Å². The molecule has 3 rings (SSSR count). The number of nitrogens with two attached hydrogens (primary N) is 1. The molecule has 0 saturated heterocycles. The van der Waals surface area contributed by atoms with Crippen LogP contribution in [0.5, 0.6) is 0 Å². The van der Waals surface area contributed by atoms with Gasteiger partial charge >= 0.3 is 0 Å². The molecule has 0 amide bonds. The van der Waals surface area contributed by atoms with Crippen LogP contribution in [-0.2, 0) is 5.75 Å². The summed E-state index contributed by atoms with van der Waals surface area (Å²) in [6, 6.07) is 9.50. The SMILES string of the molecule is N[C@@H](c1ccccc1)c1nc(CSC2CCCC2)no1. The first kappa shape index (κ1) is 13.6. The summed E-state index contributed by atoms with van der Waals surface area (Å²) < 4.78 is 5.30. The van der Waals surface area contributed by atoms with Gasteiger partial charge in [-0.25, -0.2) is 0 Å². The Morgan fingerprint density at radius 3 is 2.75 bits per heavy atom. The smallest absolute Gasteiger partial charge is 0.248 e. The second kappa shape index (κ2) is 6.41. The highest BCUT2D eigenvalue weighted by molar-refractivity contribution is 7.99. The van der Waals surface area contributed by atoms with Crippen molar-refractivity contribution in [3.8, 4) is 0 Å². The molecule has 20 heavy (non-hydrogen) atoms. The Labute approximate surface area is 123 Å². The van der Waals surface area contributed by atoms with Crippen LogP contribution >= 0.6 is 11.8 Å². The normalized spacial score (nSPS) is 17.4. The van der Waals surface area contributed by atoms with Crippen molar-refractivity contribution in [1.29, 1.82) is 0 Å². The number of hydrogen-bond donors (Lipinski definition) is 1. The maximum absolute atomic E-state index is 6.14. The molecule has 106 valence electrons. The lowest BCUT2D eigenvalue weighted by atomic mass is 10.1. The zero-order chi connectivity index (χ0) is 13.8. The third-order valence-electron chi connectivity index (χ3n) is 3.66. The van der Waals surface area contributed by atoms with Crippen molar-refractivity contribution in [3.05, 3.63) is 47.6 Å². The molecular weight excluding hydrogens is 270 g/mol. The van der Waals surface area contributed by atoms with E-state index >= 15 is 0 Å². The van der Waals surface area contributed by atoms with Gasteiger partial charge in [0.05, 0.1) is 5.75 Å². The van der Waals surface area contributed by atoms with Crippen LogP contribution in [-0.4, -0.2) is 15.4 Å². The molecule has 0 aliphatic heterocycles. The monoisotopic (exact) mass is 289 g/mol. The fourth-order valence-corrected chi connectivity index (χ4v) is 3.67. The van der Waals surface area contributed by atoms with Crippen molar-refractivity contribution >= 4 is 11.8 Å². The lowest BCUT2D eigenvalue weighted by molar-refractivity contribution is 0.363. The third-order valence-corrected chi connectivity index (χ3v) is 5.03. The van der Waals surface area contributed by atoms with Crippen LogP contribution in [0.1, 0.15) is 49.0 Å². The molecule has 0 radical (unpaired) electrons. The molecule has 0 unspecified atom stereocenters. The summed E-state index contributed by atoms with van der Waals surface area (Å²) in [7, 11) is 0.